The lowest BCUT2D eigenvalue weighted by molar-refractivity contribution is -0.143. The van der Waals surface area contributed by atoms with Gasteiger partial charge in [-0.25, -0.2) is 4.39 Å². The summed E-state index contributed by atoms with van der Waals surface area (Å²) in [6.45, 7) is 1.45. The molecule has 1 aliphatic carbocycles. The smallest absolute Gasteiger partial charge is 0.374 e. The van der Waals surface area contributed by atoms with Crippen LogP contribution < -0.4 is 0 Å². The standard InChI is InChI=1S/C28H25F7N2O2/c29-21-3-1-17(2-4-21)26-24-15-36(22-5-6-23(38)13-22)14-18(24)7-8-37(26)25(39)11-16-9-19(27(30,31)32)12-20(10-16)28(33,34)35/h1-4,9-10,12-13,18,24,26H,5-8,11,14-15H2/t18?,24-,26?/m1/s1. The summed E-state index contributed by atoms with van der Waals surface area (Å²) in [4.78, 5) is 28.9. The number of likely N-dealkylation sites (tertiary alicyclic amines) is 2. The largest absolute Gasteiger partial charge is 0.416 e. The van der Waals surface area contributed by atoms with E-state index in [1.165, 1.54) is 17.0 Å². The molecule has 0 radical (unpaired) electrons. The minimum Gasteiger partial charge on any atom is -0.374 e. The lowest BCUT2D eigenvalue weighted by Crippen LogP contribution is -2.46. The first-order valence-corrected chi connectivity index (χ1v) is 12.6. The topological polar surface area (TPSA) is 40.6 Å². The number of ketones is 1. The average molecular weight is 555 g/mol. The highest BCUT2D eigenvalue weighted by molar-refractivity contribution is 5.92. The van der Waals surface area contributed by atoms with Crippen LogP contribution in [0.15, 0.2) is 54.2 Å². The Kier molecular flexibility index (Phi) is 6.97. The van der Waals surface area contributed by atoms with Gasteiger partial charge in [0.15, 0.2) is 5.78 Å². The second-order valence-electron chi connectivity index (χ2n) is 10.4. The molecule has 0 N–H and O–H groups in total. The highest BCUT2D eigenvalue weighted by Gasteiger charge is 2.46. The van der Waals surface area contributed by atoms with Gasteiger partial charge in [0.05, 0.1) is 23.6 Å². The number of carbonyl (C=O) groups is 2. The molecule has 3 aliphatic rings. The van der Waals surface area contributed by atoms with E-state index >= 15 is 0 Å². The summed E-state index contributed by atoms with van der Waals surface area (Å²) in [7, 11) is 0. The fraction of sp³-hybridized carbons (Fsp3) is 0.429. The third-order valence-electron chi connectivity index (χ3n) is 7.87. The zero-order valence-corrected chi connectivity index (χ0v) is 20.7. The fourth-order valence-corrected chi connectivity index (χ4v) is 6.06. The zero-order valence-electron chi connectivity index (χ0n) is 20.7. The minimum atomic E-state index is -5.02. The van der Waals surface area contributed by atoms with Crippen LogP contribution in [-0.4, -0.2) is 41.1 Å². The number of hydrogen-bond donors (Lipinski definition) is 0. The zero-order chi connectivity index (χ0) is 28.1. The van der Waals surface area contributed by atoms with Crippen LogP contribution in [0.5, 0.6) is 0 Å². The molecule has 4 nitrogen and oxygen atoms in total. The Hall–Kier alpha value is -3.37. The van der Waals surface area contributed by atoms with Gasteiger partial charge in [0, 0.05) is 43.7 Å². The summed E-state index contributed by atoms with van der Waals surface area (Å²) in [6, 6.07) is 6.26. The number of fused-ring (bicyclic) bond motifs is 1. The first-order valence-electron chi connectivity index (χ1n) is 12.6. The maximum Gasteiger partial charge on any atom is 0.416 e. The van der Waals surface area contributed by atoms with Crippen LogP contribution in [0.4, 0.5) is 30.7 Å². The van der Waals surface area contributed by atoms with Crippen LogP contribution in [-0.2, 0) is 28.4 Å². The second-order valence-corrected chi connectivity index (χ2v) is 10.4. The number of nitrogens with zero attached hydrogens (tertiary/aromatic N) is 2. The first-order chi connectivity index (χ1) is 18.3. The van der Waals surface area contributed by atoms with Crippen molar-refractivity contribution < 1.29 is 40.3 Å². The number of rotatable bonds is 4. The van der Waals surface area contributed by atoms with Crippen LogP contribution in [0.3, 0.4) is 0 Å². The van der Waals surface area contributed by atoms with E-state index in [9.17, 15) is 40.3 Å². The van der Waals surface area contributed by atoms with E-state index in [2.05, 4.69) is 4.90 Å². The Morgan fingerprint density at radius 1 is 0.897 bits per heavy atom. The molecular formula is C28H25F7N2O2. The van der Waals surface area contributed by atoms with Gasteiger partial charge in [-0.1, -0.05) is 12.1 Å². The monoisotopic (exact) mass is 554 g/mol. The summed E-state index contributed by atoms with van der Waals surface area (Å²) in [5.41, 5.74) is -1.77. The van der Waals surface area contributed by atoms with Gasteiger partial charge in [-0.05, 0) is 60.2 Å². The Morgan fingerprint density at radius 2 is 1.54 bits per heavy atom. The number of hydrogen-bond acceptors (Lipinski definition) is 3. The summed E-state index contributed by atoms with van der Waals surface area (Å²) < 4.78 is 93.9. The van der Waals surface area contributed by atoms with E-state index in [1.807, 2.05) is 0 Å². The molecule has 5 rings (SSSR count). The van der Waals surface area contributed by atoms with Gasteiger partial charge in [-0.3, -0.25) is 9.59 Å². The number of carbonyl (C=O) groups excluding carboxylic acids is 2. The summed E-state index contributed by atoms with van der Waals surface area (Å²) in [6.07, 6.45) is -7.41. The fourth-order valence-electron chi connectivity index (χ4n) is 6.06. The van der Waals surface area contributed by atoms with Gasteiger partial charge in [0.25, 0.3) is 0 Å². The molecule has 2 aliphatic heterocycles. The molecule has 2 unspecified atom stereocenters. The van der Waals surface area contributed by atoms with Crippen molar-refractivity contribution >= 4 is 11.7 Å². The first kappa shape index (κ1) is 27.2. The van der Waals surface area contributed by atoms with E-state index < -0.39 is 47.7 Å². The van der Waals surface area contributed by atoms with Crippen molar-refractivity contribution in [2.45, 2.75) is 44.1 Å². The third-order valence-corrected chi connectivity index (χ3v) is 7.87. The Morgan fingerprint density at radius 3 is 2.10 bits per heavy atom. The summed E-state index contributed by atoms with van der Waals surface area (Å²) in [5, 5.41) is 0. The Bertz CT molecular complexity index is 1270. The predicted molar refractivity (Wildman–Crippen MR) is 126 cm³/mol. The molecule has 0 aromatic heterocycles. The van der Waals surface area contributed by atoms with E-state index in [-0.39, 0.29) is 35.8 Å². The van der Waals surface area contributed by atoms with Crippen molar-refractivity contribution in [3.05, 3.63) is 82.3 Å². The number of alkyl halides is 6. The molecule has 0 bridgehead atoms. The van der Waals surface area contributed by atoms with E-state index in [4.69, 9.17) is 0 Å². The van der Waals surface area contributed by atoms with Crippen molar-refractivity contribution in [3.8, 4) is 0 Å². The minimum absolute atomic E-state index is 0.0380. The molecule has 0 saturated carbocycles. The number of halogens is 7. The Labute approximate surface area is 220 Å². The lowest BCUT2D eigenvalue weighted by atomic mass is 9.78. The number of piperidine rings is 1. The molecule has 2 fully saturated rings. The summed E-state index contributed by atoms with van der Waals surface area (Å²) >= 11 is 0. The molecule has 3 atom stereocenters. The highest BCUT2D eigenvalue weighted by atomic mass is 19.4. The van der Waals surface area contributed by atoms with Gasteiger partial charge >= 0.3 is 12.4 Å². The molecule has 2 heterocycles. The normalized spacial score (nSPS) is 23.7. The highest BCUT2D eigenvalue weighted by Crippen LogP contribution is 2.46. The van der Waals surface area contributed by atoms with Gasteiger partial charge in [0.1, 0.15) is 5.82 Å². The van der Waals surface area contributed by atoms with Gasteiger partial charge in [0.2, 0.25) is 5.91 Å². The second kappa shape index (κ2) is 9.98. The van der Waals surface area contributed by atoms with Crippen LogP contribution in [0.25, 0.3) is 0 Å². The van der Waals surface area contributed by atoms with Crippen LogP contribution in [0.1, 0.15) is 47.6 Å². The molecule has 11 heteroatoms. The third kappa shape index (κ3) is 5.67. The summed E-state index contributed by atoms with van der Waals surface area (Å²) in [5.74, 6) is -1.01. The van der Waals surface area contributed by atoms with Crippen molar-refractivity contribution in [2.75, 3.05) is 19.6 Å². The van der Waals surface area contributed by atoms with Crippen molar-refractivity contribution in [1.29, 1.82) is 0 Å². The molecule has 2 saturated heterocycles. The molecular weight excluding hydrogens is 529 g/mol. The maximum absolute atomic E-state index is 13.7. The van der Waals surface area contributed by atoms with Crippen molar-refractivity contribution in [2.24, 2.45) is 11.8 Å². The Balaban J connectivity index is 1.45. The molecule has 39 heavy (non-hydrogen) atoms. The van der Waals surface area contributed by atoms with Crippen LogP contribution in [0, 0.1) is 17.7 Å². The van der Waals surface area contributed by atoms with E-state index in [0.29, 0.717) is 50.0 Å². The lowest BCUT2D eigenvalue weighted by Gasteiger charge is -2.43. The van der Waals surface area contributed by atoms with Crippen molar-refractivity contribution in [1.82, 2.24) is 9.80 Å². The van der Waals surface area contributed by atoms with Gasteiger partial charge < -0.3 is 9.80 Å². The van der Waals surface area contributed by atoms with Gasteiger partial charge in [-0.2, -0.15) is 26.3 Å². The maximum atomic E-state index is 13.7. The van der Waals surface area contributed by atoms with E-state index in [0.717, 1.165) is 5.70 Å². The van der Waals surface area contributed by atoms with Crippen LogP contribution >= 0.6 is 0 Å². The number of benzene rings is 2. The SMILES string of the molecule is O=C1C=C(N2CC3CCN(C(=O)Cc4cc(C(F)(F)F)cc(C(F)(F)F)c4)C(c4ccc(F)cc4)[C@@H]3C2)CC1. The molecule has 2 aromatic carbocycles. The van der Waals surface area contributed by atoms with Crippen LogP contribution in [0.2, 0.25) is 0 Å². The predicted octanol–water partition coefficient (Wildman–Crippen LogP) is 6.17. The van der Waals surface area contributed by atoms with Crippen molar-refractivity contribution in [3.63, 3.8) is 0 Å². The molecule has 0 spiro atoms. The average Bonchev–Trinajstić information content (AvgIpc) is 3.49. The molecule has 208 valence electrons. The molecule has 2 aromatic rings. The molecule has 1 amide bonds. The van der Waals surface area contributed by atoms with E-state index in [1.54, 1.807) is 18.2 Å². The van der Waals surface area contributed by atoms with Gasteiger partial charge in [-0.15, -0.1) is 0 Å². The quantitative estimate of drug-likeness (QED) is 0.425. The number of allylic oxidation sites excluding steroid dienone is 2. The number of amides is 1.